The molecule has 0 aromatic carbocycles. The number of aromatic nitrogens is 3. The Kier molecular flexibility index (Phi) is 1.67. The van der Waals surface area contributed by atoms with E-state index in [1.165, 1.54) is 24.8 Å². The van der Waals surface area contributed by atoms with Crippen LogP contribution in [0.1, 0.15) is 30.7 Å². The molecule has 2 saturated carbocycles. The lowest BCUT2D eigenvalue weighted by Crippen LogP contribution is -1.97. The number of imidazole rings is 1. The minimum atomic E-state index is 0.571. The van der Waals surface area contributed by atoms with Gasteiger partial charge < -0.3 is 0 Å². The van der Waals surface area contributed by atoms with Gasteiger partial charge in [-0.25, -0.2) is 9.50 Å². The molecule has 4 heteroatoms. The molecule has 4 rings (SSSR count). The third kappa shape index (κ3) is 1.27. The van der Waals surface area contributed by atoms with Crippen molar-refractivity contribution < 1.29 is 0 Å². The number of fused-ring (bicyclic) bond motifs is 1. The molecular weight excluding hydrogens is 222 g/mol. The van der Waals surface area contributed by atoms with E-state index in [0.29, 0.717) is 11.1 Å². The minimum absolute atomic E-state index is 0.571. The van der Waals surface area contributed by atoms with Crippen molar-refractivity contribution in [2.75, 3.05) is 0 Å². The largest absolute Gasteiger partial charge is 0.235 e. The Morgan fingerprint density at radius 3 is 3.06 bits per heavy atom. The molecule has 2 aliphatic carbocycles. The van der Waals surface area contributed by atoms with Gasteiger partial charge in [0.15, 0.2) is 5.65 Å². The van der Waals surface area contributed by atoms with E-state index in [1.807, 2.05) is 12.3 Å². The third-order valence-corrected chi connectivity index (χ3v) is 4.01. The van der Waals surface area contributed by atoms with Crippen molar-refractivity contribution in [3.63, 3.8) is 0 Å². The molecule has 0 unspecified atom stereocenters. The van der Waals surface area contributed by atoms with Crippen LogP contribution in [0.25, 0.3) is 5.65 Å². The maximum Gasteiger partial charge on any atom is 0.157 e. The average Bonchev–Trinajstić information content (AvgIpc) is 3.12. The summed E-state index contributed by atoms with van der Waals surface area (Å²) in [7, 11) is 0. The molecule has 0 amide bonds. The van der Waals surface area contributed by atoms with Crippen molar-refractivity contribution in [2.45, 2.75) is 25.2 Å². The van der Waals surface area contributed by atoms with E-state index < -0.39 is 0 Å². The summed E-state index contributed by atoms with van der Waals surface area (Å²) in [6.45, 7) is 0. The van der Waals surface area contributed by atoms with E-state index >= 15 is 0 Å². The number of halogens is 1. The van der Waals surface area contributed by atoms with Crippen molar-refractivity contribution in [3.8, 4) is 0 Å². The van der Waals surface area contributed by atoms with Gasteiger partial charge in [-0.15, -0.1) is 0 Å². The molecule has 2 aromatic heterocycles. The van der Waals surface area contributed by atoms with Gasteiger partial charge >= 0.3 is 0 Å². The van der Waals surface area contributed by atoms with Crippen molar-refractivity contribution in [1.82, 2.24) is 14.6 Å². The molecule has 16 heavy (non-hydrogen) atoms. The van der Waals surface area contributed by atoms with Crippen LogP contribution >= 0.6 is 11.6 Å². The smallest absolute Gasteiger partial charge is 0.157 e. The fourth-order valence-corrected chi connectivity index (χ4v) is 3.00. The molecule has 0 bridgehead atoms. The molecule has 2 aromatic rings. The molecule has 0 aliphatic heterocycles. The Bertz CT molecular complexity index is 558. The van der Waals surface area contributed by atoms with Crippen molar-refractivity contribution in [3.05, 3.63) is 29.2 Å². The van der Waals surface area contributed by atoms with Crippen LogP contribution in [0.2, 0.25) is 5.15 Å². The van der Waals surface area contributed by atoms with Gasteiger partial charge in [0.25, 0.3) is 0 Å². The van der Waals surface area contributed by atoms with Crippen LogP contribution in [-0.2, 0) is 0 Å². The lowest BCUT2D eigenvalue weighted by Gasteiger charge is -2.03. The molecule has 2 fully saturated rings. The molecule has 0 spiro atoms. The summed E-state index contributed by atoms with van der Waals surface area (Å²) in [4.78, 5) is 4.38. The van der Waals surface area contributed by atoms with E-state index in [0.717, 1.165) is 17.5 Å². The van der Waals surface area contributed by atoms with Gasteiger partial charge in [-0.2, -0.15) is 5.10 Å². The monoisotopic (exact) mass is 233 g/mol. The first-order chi connectivity index (χ1) is 7.83. The zero-order chi connectivity index (χ0) is 10.7. The van der Waals surface area contributed by atoms with Gasteiger partial charge in [0.05, 0.1) is 0 Å². The zero-order valence-corrected chi connectivity index (χ0v) is 9.56. The Hall–Kier alpha value is -1.09. The van der Waals surface area contributed by atoms with Gasteiger partial charge in [-0.05, 0) is 43.1 Å². The van der Waals surface area contributed by atoms with Crippen LogP contribution in [0.4, 0.5) is 0 Å². The predicted molar refractivity (Wildman–Crippen MR) is 61.6 cm³/mol. The predicted octanol–water partition coefficient (Wildman–Crippen LogP) is 2.90. The second-order valence-corrected chi connectivity index (χ2v) is 5.35. The van der Waals surface area contributed by atoms with Crippen LogP contribution in [0.5, 0.6) is 0 Å². The van der Waals surface area contributed by atoms with Crippen molar-refractivity contribution in [2.24, 2.45) is 11.8 Å². The Morgan fingerprint density at radius 1 is 1.38 bits per heavy atom. The van der Waals surface area contributed by atoms with Crippen molar-refractivity contribution in [1.29, 1.82) is 0 Å². The quantitative estimate of drug-likeness (QED) is 0.799. The topological polar surface area (TPSA) is 30.2 Å². The fourth-order valence-electron chi connectivity index (χ4n) is 2.80. The fraction of sp³-hybridized carbons (Fsp3) is 0.500. The Morgan fingerprint density at radius 2 is 2.25 bits per heavy atom. The number of nitrogens with zero attached hydrogens (tertiary/aromatic N) is 3. The van der Waals surface area contributed by atoms with E-state index in [4.69, 9.17) is 11.6 Å². The highest BCUT2D eigenvalue weighted by molar-refractivity contribution is 6.29. The summed E-state index contributed by atoms with van der Waals surface area (Å²) in [6, 6.07) is 2.00. The number of rotatable bonds is 2. The summed E-state index contributed by atoms with van der Waals surface area (Å²) < 4.78 is 1.79. The lowest BCUT2D eigenvalue weighted by atomic mass is 10.1. The van der Waals surface area contributed by atoms with Crippen LogP contribution in [0.15, 0.2) is 18.5 Å². The van der Waals surface area contributed by atoms with Gasteiger partial charge in [0.1, 0.15) is 5.15 Å². The first kappa shape index (κ1) is 8.99. The zero-order valence-electron chi connectivity index (χ0n) is 8.81. The van der Waals surface area contributed by atoms with Gasteiger partial charge in [0.2, 0.25) is 0 Å². The molecule has 0 radical (unpaired) electrons. The molecule has 82 valence electrons. The SMILES string of the molecule is Clc1cc([C@H]2C[C@@H]2C2CC2)c2nccn2n1. The van der Waals surface area contributed by atoms with E-state index in [1.54, 1.807) is 10.7 Å². The Balaban J connectivity index is 1.81. The van der Waals surface area contributed by atoms with Crippen molar-refractivity contribution >= 4 is 17.2 Å². The maximum atomic E-state index is 6.04. The van der Waals surface area contributed by atoms with E-state index in [-0.39, 0.29) is 0 Å². The van der Waals surface area contributed by atoms with Gasteiger partial charge in [-0.1, -0.05) is 11.6 Å². The number of hydrogen-bond donors (Lipinski definition) is 0. The normalized spacial score (nSPS) is 28.6. The standard InChI is InChI=1S/C12H12ClN3/c13-11-6-10(9-5-8(9)7-1-2-7)12-14-3-4-16(12)15-11/h3-4,6-9H,1-2,5H2/t8-,9+/m1/s1. The van der Waals surface area contributed by atoms with Crippen LogP contribution in [0, 0.1) is 11.8 Å². The summed E-state index contributed by atoms with van der Waals surface area (Å²) in [5.74, 6) is 2.55. The maximum absolute atomic E-state index is 6.04. The lowest BCUT2D eigenvalue weighted by molar-refractivity contribution is 0.689. The first-order valence-electron chi connectivity index (χ1n) is 5.83. The van der Waals surface area contributed by atoms with E-state index in [2.05, 4.69) is 10.1 Å². The minimum Gasteiger partial charge on any atom is -0.235 e. The first-order valence-corrected chi connectivity index (χ1v) is 6.20. The molecule has 3 nitrogen and oxygen atoms in total. The highest BCUT2D eigenvalue weighted by atomic mass is 35.5. The molecule has 2 heterocycles. The molecule has 0 saturated heterocycles. The average molecular weight is 234 g/mol. The summed E-state index contributed by atoms with van der Waals surface area (Å²) in [6.07, 6.45) is 7.80. The third-order valence-electron chi connectivity index (χ3n) is 3.82. The number of hydrogen-bond acceptors (Lipinski definition) is 2. The highest BCUT2D eigenvalue weighted by Crippen LogP contribution is 2.59. The summed E-state index contributed by atoms with van der Waals surface area (Å²) in [5.41, 5.74) is 2.28. The van der Waals surface area contributed by atoms with Crippen LogP contribution in [-0.4, -0.2) is 14.6 Å². The molecule has 0 N–H and O–H groups in total. The van der Waals surface area contributed by atoms with Gasteiger partial charge in [-0.3, -0.25) is 0 Å². The summed E-state index contributed by atoms with van der Waals surface area (Å²) >= 11 is 6.04. The highest BCUT2D eigenvalue weighted by Gasteiger charge is 2.48. The van der Waals surface area contributed by atoms with Crippen LogP contribution in [0.3, 0.4) is 0 Å². The van der Waals surface area contributed by atoms with Crippen LogP contribution < -0.4 is 0 Å². The second-order valence-electron chi connectivity index (χ2n) is 4.96. The molecule has 2 aliphatic rings. The van der Waals surface area contributed by atoms with E-state index in [9.17, 15) is 0 Å². The Labute approximate surface area is 98.4 Å². The molecule has 2 atom stereocenters. The van der Waals surface area contributed by atoms with Gasteiger partial charge in [0, 0.05) is 18.0 Å². The summed E-state index contributed by atoms with van der Waals surface area (Å²) in [5, 5.41) is 4.78. The molecular formula is C12H12ClN3. The second kappa shape index (κ2) is 2.98.